The second-order valence-corrected chi connectivity index (χ2v) is 4.93. The number of nitrogens with zero attached hydrogens (tertiary/aromatic N) is 1. The largest absolute Gasteiger partial charge is 0.493 e. The summed E-state index contributed by atoms with van der Waals surface area (Å²) >= 11 is 0. The van der Waals surface area contributed by atoms with Crippen LogP contribution in [0, 0.1) is 0 Å². The predicted molar refractivity (Wildman–Crippen MR) is 92.9 cm³/mol. The Kier molecular flexibility index (Phi) is 5.78. The molecule has 22 heavy (non-hydrogen) atoms. The van der Waals surface area contributed by atoms with E-state index in [0.29, 0.717) is 6.61 Å². The van der Waals surface area contributed by atoms with Gasteiger partial charge in [-0.2, -0.15) is 0 Å². The molecule has 2 aromatic rings. The highest BCUT2D eigenvalue weighted by Crippen LogP contribution is 2.29. The predicted octanol–water partition coefficient (Wildman–Crippen LogP) is 3.43. The van der Waals surface area contributed by atoms with Gasteiger partial charge in [0.05, 0.1) is 25.0 Å². The van der Waals surface area contributed by atoms with Crippen LogP contribution in [0.4, 0.5) is 11.4 Å². The minimum Gasteiger partial charge on any atom is -0.493 e. The van der Waals surface area contributed by atoms with E-state index in [9.17, 15) is 0 Å². The van der Waals surface area contributed by atoms with Crippen LogP contribution in [0.2, 0.25) is 0 Å². The summed E-state index contributed by atoms with van der Waals surface area (Å²) < 4.78 is 11.2. The van der Waals surface area contributed by atoms with Gasteiger partial charge >= 0.3 is 0 Å². The molecule has 0 fully saturated rings. The Morgan fingerprint density at radius 2 is 1.77 bits per heavy atom. The number of hydrogen-bond acceptors (Lipinski definition) is 4. The summed E-state index contributed by atoms with van der Waals surface area (Å²) in [4.78, 5) is 2.35. The normalized spacial score (nSPS) is 12.7. The summed E-state index contributed by atoms with van der Waals surface area (Å²) in [6, 6.07) is 16.1. The first-order valence-corrected chi connectivity index (χ1v) is 7.22. The molecular formula is C17H21ClN2O2. The van der Waals surface area contributed by atoms with Gasteiger partial charge in [-0.05, 0) is 24.3 Å². The number of ether oxygens (including phenoxy) is 2. The molecule has 0 unspecified atom stereocenters. The standard InChI is InChI=1S/C17H20N2O2.ClH/c1-20-16-8-4-5-9-17(16)21-13-12-19-11-10-18-14-6-2-3-7-15(14)19;/h2-9,18H,10-13H2,1H3;1H. The first-order chi connectivity index (χ1) is 10.4. The highest BCUT2D eigenvalue weighted by atomic mass is 35.5. The SMILES string of the molecule is COc1ccccc1OCCN1CCNc2ccccc21.Cl. The van der Waals surface area contributed by atoms with Gasteiger partial charge in [-0.15, -0.1) is 12.4 Å². The molecule has 0 bridgehead atoms. The molecule has 1 heterocycles. The van der Waals surface area contributed by atoms with Gasteiger partial charge in [-0.1, -0.05) is 24.3 Å². The number of methoxy groups -OCH3 is 1. The Labute approximate surface area is 137 Å². The second kappa shape index (κ2) is 7.80. The summed E-state index contributed by atoms with van der Waals surface area (Å²) in [5.41, 5.74) is 2.44. The number of para-hydroxylation sites is 4. The number of fused-ring (bicyclic) bond motifs is 1. The molecule has 4 nitrogen and oxygen atoms in total. The third-order valence-electron chi connectivity index (χ3n) is 3.63. The maximum Gasteiger partial charge on any atom is 0.161 e. The lowest BCUT2D eigenvalue weighted by Gasteiger charge is -2.31. The Bertz CT molecular complexity index is 607. The van der Waals surface area contributed by atoms with Crippen molar-refractivity contribution in [2.45, 2.75) is 0 Å². The fourth-order valence-electron chi connectivity index (χ4n) is 2.58. The first kappa shape index (κ1) is 16.3. The number of nitrogens with one attached hydrogen (secondary N) is 1. The lowest BCUT2D eigenvalue weighted by atomic mass is 10.2. The molecule has 0 aromatic heterocycles. The second-order valence-electron chi connectivity index (χ2n) is 4.93. The molecule has 1 aliphatic heterocycles. The molecule has 0 saturated heterocycles. The quantitative estimate of drug-likeness (QED) is 0.915. The number of rotatable bonds is 5. The lowest BCUT2D eigenvalue weighted by Crippen LogP contribution is -2.36. The van der Waals surface area contributed by atoms with Crippen LogP contribution >= 0.6 is 12.4 Å². The fourth-order valence-corrected chi connectivity index (χ4v) is 2.58. The summed E-state index contributed by atoms with van der Waals surface area (Å²) in [5, 5.41) is 3.42. The highest BCUT2D eigenvalue weighted by molar-refractivity contribution is 5.85. The number of benzene rings is 2. The first-order valence-electron chi connectivity index (χ1n) is 7.22. The highest BCUT2D eigenvalue weighted by Gasteiger charge is 2.15. The minimum absolute atomic E-state index is 0. The molecule has 2 aromatic carbocycles. The van der Waals surface area contributed by atoms with Gasteiger partial charge < -0.3 is 19.7 Å². The summed E-state index contributed by atoms with van der Waals surface area (Å²) in [6.45, 7) is 3.45. The van der Waals surface area contributed by atoms with Crippen LogP contribution in [-0.4, -0.2) is 33.4 Å². The molecular weight excluding hydrogens is 300 g/mol. The van der Waals surface area contributed by atoms with E-state index < -0.39 is 0 Å². The van der Waals surface area contributed by atoms with Crippen molar-refractivity contribution in [3.63, 3.8) is 0 Å². The Morgan fingerprint density at radius 3 is 2.59 bits per heavy atom. The zero-order valence-electron chi connectivity index (χ0n) is 12.6. The summed E-state index contributed by atoms with van der Waals surface area (Å²) in [5.74, 6) is 1.57. The third kappa shape index (κ3) is 3.57. The van der Waals surface area contributed by atoms with E-state index in [1.165, 1.54) is 11.4 Å². The molecule has 5 heteroatoms. The zero-order valence-corrected chi connectivity index (χ0v) is 13.4. The van der Waals surface area contributed by atoms with Crippen LogP contribution in [0.15, 0.2) is 48.5 Å². The van der Waals surface area contributed by atoms with E-state index in [2.05, 4.69) is 34.5 Å². The van der Waals surface area contributed by atoms with Gasteiger partial charge in [-0.25, -0.2) is 0 Å². The molecule has 0 aliphatic carbocycles. The smallest absolute Gasteiger partial charge is 0.161 e. The molecule has 1 N–H and O–H groups in total. The molecule has 0 radical (unpaired) electrons. The number of anilines is 2. The summed E-state index contributed by atoms with van der Waals surface area (Å²) in [6.07, 6.45) is 0. The van der Waals surface area contributed by atoms with E-state index in [1.54, 1.807) is 7.11 Å². The Morgan fingerprint density at radius 1 is 1.05 bits per heavy atom. The van der Waals surface area contributed by atoms with Crippen molar-refractivity contribution >= 4 is 23.8 Å². The van der Waals surface area contributed by atoms with E-state index >= 15 is 0 Å². The van der Waals surface area contributed by atoms with Gasteiger partial charge in [0.1, 0.15) is 6.61 Å². The number of hydrogen-bond donors (Lipinski definition) is 1. The molecule has 1 aliphatic rings. The molecule has 0 spiro atoms. The van der Waals surface area contributed by atoms with Crippen molar-refractivity contribution in [2.24, 2.45) is 0 Å². The van der Waals surface area contributed by atoms with Crippen molar-refractivity contribution < 1.29 is 9.47 Å². The van der Waals surface area contributed by atoms with Crippen molar-refractivity contribution in [1.82, 2.24) is 0 Å². The Balaban J connectivity index is 0.00000176. The van der Waals surface area contributed by atoms with Crippen LogP contribution in [-0.2, 0) is 0 Å². The minimum atomic E-state index is 0. The van der Waals surface area contributed by atoms with E-state index in [1.807, 2.05) is 24.3 Å². The van der Waals surface area contributed by atoms with E-state index in [-0.39, 0.29) is 12.4 Å². The van der Waals surface area contributed by atoms with Gasteiger partial charge in [0, 0.05) is 13.1 Å². The maximum absolute atomic E-state index is 5.86. The fraction of sp³-hybridized carbons (Fsp3) is 0.294. The van der Waals surface area contributed by atoms with Crippen molar-refractivity contribution in [3.8, 4) is 11.5 Å². The van der Waals surface area contributed by atoms with Gasteiger partial charge in [0.25, 0.3) is 0 Å². The van der Waals surface area contributed by atoms with Crippen molar-refractivity contribution in [2.75, 3.05) is 43.6 Å². The average molecular weight is 321 g/mol. The lowest BCUT2D eigenvalue weighted by molar-refractivity contribution is 0.299. The van der Waals surface area contributed by atoms with Crippen LogP contribution < -0.4 is 19.7 Å². The molecule has 118 valence electrons. The van der Waals surface area contributed by atoms with E-state index in [0.717, 1.165) is 31.1 Å². The van der Waals surface area contributed by atoms with Crippen LogP contribution in [0.5, 0.6) is 11.5 Å². The topological polar surface area (TPSA) is 33.7 Å². The Hall–Kier alpha value is -2.07. The van der Waals surface area contributed by atoms with Crippen molar-refractivity contribution in [1.29, 1.82) is 0 Å². The van der Waals surface area contributed by atoms with Crippen molar-refractivity contribution in [3.05, 3.63) is 48.5 Å². The average Bonchev–Trinajstić information content (AvgIpc) is 2.55. The number of halogens is 1. The molecule has 3 rings (SSSR count). The van der Waals surface area contributed by atoms with Crippen LogP contribution in [0.3, 0.4) is 0 Å². The van der Waals surface area contributed by atoms with Gasteiger partial charge in [0.15, 0.2) is 11.5 Å². The maximum atomic E-state index is 5.86. The molecule has 0 atom stereocenters. The van der Waals surface area contributed by atoms with Crippen LogP contribution in [0.25, 0.3) is 0 Å². The van der Waals surface area contributed by atoms with Gasteiger partial charge in [-0.3, -0.25) is 0 Å². The zero-order chi connectivity index (χ0) is 14.5. The molecule has 0 amide bonds. The monoisotopic (exact) mass is 320 g/mol. The van der Waals surface area contributed by atoms with Crippen LogP contribution in [0.1, 0.15) is 0 Å². The summed E-state index contributed by atoms with van der Waals surface area (Å²) in [7, 11) is 1.66. The van der Waals surface area contributed by atoms with E-state index in [4.69, 9.17) is 9.47 Å². The van der Waals surface area contributed by atoms with Gasteiger partial charge in [0.2, 0.25) is 0 Å². The third-order valence-corrected chi connectivity index (χ3v) is 3.63. The molecule has 0 saturated carbocycles.